The Kier molecular flexibility index (Phi) is 8.29. The summed E-state index contributed by atoms with van der Waals surface area (Å²) in [6.45, 7) is 8.91. The number of carbonyl (C=O) groups is 2. The van der Waals surface area contributed by atoms with Gasteiger partial charge in [0.05, 0.1) is 0 Å². The highest BCUT2D eigenvalue weighted by Gasteiger charge is 2.27. The standard InChI is InChI=1S/C24H35N5O3S/c1-6-8-18-15-25-22(33-18)27-20-10-7-9-19(26-20)17-11-13-29(14-12-17)21(30)16-28(5)23(31)32-24(2,3)4/h7,9-10,15,17H,6,8,11-14,16H2,1-5H3,(H,25,26,27). The first-order chi connectivity index (χ1) is 15.6. The molecule has 3 rings (SSSR count). The van der Waals surface area contributed by atoms with E-state index in [4.69, 9.17) is 9.72 Å². The van der Waals surface area contributed by atoms with Crippen molar-refractivity contribution in [1.82, 2.24) is 19.8 Å². The van der Waals surface area contributed by atoms with Gasteiger partial charge in [-0.25, -0.2) is 14.8 Å². The molecule has 1 fully saturated rings. The van der Waals surface area contributed by atoms with E-state index in [9.17, 15) is 9.59 Å². The van der Waals surface area contributed by atoms with E-state index >= 15 is 0 Å². The molecule has 0 bridgehead atoms. The molecule has 0 aromatic carbocycles. The number of nitrogens with one attached hydrogen (secondary N) is 1. The van der Waals surface area contributed by atoms with Gasteiger partial charge in [0.15, 0.2) is 5.13 Å². The molecule has 1 aliphatic rings. The van der Waals surface area contributed by atoms with E-state index in [1.165, 1.54) is 9.78 Å². The Morgan fingerprint density at radius 2 is 2.00 bits per heavy atom. The highest BCUT2D eigenvalue weighted by molar-refractivity contribution is 7.15. The first-order valence-electron chi connectivity index (χ1n) is 11.5. The van der Waals surface area contributed by atoms with Crippen molar-refractivity contribution in [3.8, 4) is 0 Å². The summed E-state index contributed by atoms with van der Waals surface area (Å²) in [7, 11) is 1.59. The lowest BCUT2D eigenvalue weighted by Gasteiger charge is -2.33. The number of carbonyl (C=O) groups excluding carboxylic acids is 2. The van der Waals surface area contributed by atoms with Gasteiger partial charge in [-0.15, -0.1) is 11.3 Å². The number of nitrogens with zero attached hydrogens (tertiary/aromatic N) is 4. The molecule has 1 saturated heterocycles. The third-order valence-electron chi connectivity index (χ3n) is 5.40. The van der Waals surface area contributed by atoms with Gasteiger partial charge in [-0.3, -0.25) is 4.79 Å². The maximum absolute atomic E-state index is 12.7. The van der Waals surface area contributed by atoms with E-state index in [1.54, 1.807) is 18.4 Å². The number of amides is 2. The van der Waals surface area contributed by atoms with Crippen LogP contribution in [0.5, 0.6) is 0 Å². The van der Waals surface area contributed by atoms with Crippen LogP contribution in [0.2, 0.25) is 0 Å². The lowest BCUT2D eigenvalue weighted by molar-refractivity contribution is -0.133. The van der Waals surface area contributed by atoms with Gasteiger partial charge in [0.25, 0.3) is 0 Å². The predicted molar refractivity (Wildman–Crippen MR) is 131 cm³/mol. The maximum Gasteiger partial charge on any atom is 0.410 e. The molecule has 2 aromatic rings. The number of piperidine rings is 1. The highest BCUT2D eigenvalue weighted by atomic mass is 32.1. The van der Waals surface area contributed by atoms with Gasteiger partial charge in [-0.1, -0.05) is 19.4 Å². The van der Waals surface area contributed by atoms with Crippen LogP contribution < -0.4 is 5.32 Å². The van der Waals surface area contributed by atoms with Gasteiger partial charge >= 0.3 is 6.09 Å². The van der Waals surface area contributed by atoms with Crippen molar-refractivity contribution in [1.29, 1.82) is 0 Å². The molecular weight excluding hydrogens is 438 g/mol. The quantitative estimate of drug-likeness (QED) is 0.621. The normalized spacial score (nSPS) is 14.8. The van der Waals surface area contributed by atoms with Gasteiger partial charge in [0.2, 0.25) is 5.91 Å². The van der Waals surface area contributed by atoms with Crippen LogP contribution in [0, 0.1) is 0 Å². The molecule has 1 aliphatic heterocycles. The van der Waals surface area contributed by atoms with Crippen LogP contribution in [0.3, 0.4) is 0 Å². The lowest BCUT2D eigenvalue weighted by atomic mass is 9.93. The second-order valence-electron chi connectivity index (χ2n) is 9.45. The number of anilines is 2. The molecule has 33 heavy (non-hydrogen) atoms. The fourth-order valence-electron chi connectivity index (χ4n) is 3.72. The van der Waals surface area contributed by atoms with Crippen LogP contribution in [0.25, 0.3) is 0 Å². The third kappa shape index (κ3) is 7.42. The largest absolute Gasteiger partial charge is 0.444 e. The van der Waals surface area contributed by atoms with Crippen molar-refractivity contribution in [2.45, 2.75) is 64.9 Å². The van der Waals surface area contributed by atoms with Crippen molar-refractivity contribution in [3.63, 3.8) is 0 Å². The minimum absolute atomic E-state index is 0.0189. The molecule has 3 heterocycles. The second kappa shape index (κ2) is 11.0. The Morgan fingerprint density at radius 1 is 1.27 bits per heavy atom. The number of likely N-dealkylation sites (tertiary alicyclic amines) is 1. The third-order valence-corrected chi connectivity index (χ3v) is 6.37. The molecule has 0 unspecified atom stereocenters. The summed E-state index contributed by atoms with van der Waals surface area (Å²) in [5.41, 5.74) is 0.448. The van der Waals surface area contributed by atoms with Crippen molar-refractivity contribution >= 4 is 34.3 Å². The molecule has 2 amide bonds. The SMILES string of the molecule is CCCc1cnc(Nc2cccc(C3CCN(C(=O)CN(C)C(=O)OC(C)(C)C)CC3)n2)s1. The zero-order chi connectivity index (χ0) is 24.0. The Labute approximate surface area is 200 Å². The topological polar surface area (TPSA) is 87.7 Å². The zero-order valence-electron chi connectivity index (χ0n) is 20.3. The smallest absolute Gasteiger partial charge is 0.410 e. The van der Waals surface area contributed by atoms with Crippen LogP contribution in [-0.2, 0) is 16.0 Å². The zero-order valence-corrected chi connectivity index (χ0v) is 21.1. The summed E-state index contributed by atoms with van der Waals surface area (Å²) in [6, 6.07) is 6.02. The first-order valence-corrected chi connectivity index (χ1v) is 12.4. The molecule has 0 spiro atoms. The molecular formula is C24H35N5O3S. The molecule has 0 atom stereocenters. The number of likely N-dealkylation sites (N-methyl/N-ethyl adjacent to an activating group) is 1. The molecule has 0 radical (unpaired) electrons. The Bertz CT molecular complexity index is 948. The van der Waals surface area contributed by atoms with Crippen molar-refractivity contribution in [2.75, 3.05) is 32.0 Å². The van der Waals surface area contributed by atoms with E-state index in [-0.39, 0.29) is 12.5 Å². The number of thiazole rings is 1. The average molecular weight is 474 g/mol. The number of hydrogen-bond acceptors (Lipinski definition) is 7. The van der Waals surface area contributed by atoms with Gasteiger partial charge in [-0.2, -0.15) is 0 Å². The van der Waals surface area contributed by atoms with Crippen molar-refractivity contribution in [3.05, 3.63) is 35.0 Å². The molecule has 1 N–H and O–H groups in total. The molecule has 9 heteroatoms. The fourth-order valence-corrected chi connectivity index (χ4v) is 4.64. The lowest BCUT2D eigenvalue weighted by Crippen LogP contribution is -2.45. The average Bonchev–Trinajstić information content (AvgIpc) is 3.20. The molecule has 0 aliphatic carbocycles. The summed E-state index contributed by atoms with van der Waals surface area (Å²) in [5.74, 6) is 1.03. The van der Waals surface area contributed by atoms with Gasteiger partial charge in [0.1, 0.15) is 18.0 Å². The van der Waals surface area contributed by atoms with E-state index in [0.29, 0.717) is 19.0 Å². The highest BCUT2D eigenvalue weighted by Crippen LogP contribution is 2.29. The van der Waals surface area contributed by atoms with Gasteiger partial charge in [0, 0.05) is 42.8 Å². The van der Waals surface area contributed by atoms with Gasteiger partial charge < -0.3 is 19.9 Å². The van der Waals surface area contributed by atoms with E-state index < -0.39 is 11.7 Å². The number of ether oxygens (including phenoxy) is 1. The summed E-state index contributed by atoms with van der Waals surface area (Å²) in [4.78, 5) is 38.5. The molecule has 180 valence electrons. The Hall–Kier alpha value is -2.68. The Balaban J connectivity index is 1.51. The molecule has 2 aromatic heterocycles. The van der Waals surface area contributed by atoms with Crippen LogP contribution in [0.4, 0.5) is 15.7 Å². The van der Waals surface area contributed by atoms with Crippen LogP contribution in [0.15, 0.2) is 24.4 Å². The van der Waals surface area contributed by atoms with E-state index in [1.807, 2.05) is 50.1 Å². The summed E-state index contributed by atoms with van der Waals surface area (Å²) >= 11 is 1.66. The van der Waals surface area contributed by atoms with Crippen molar-refractivity contribution < 1.29 is 14.3 Å². The minimum Gasteiger partial charge on any atom is -0.444 e. The van der Waals surface area contributed by atoms with E-state index in [0.717, 1.165) is 42.3 Å². The van der Waals surface area contributed by atoms with Gasteiger partial charge in [-0.05, 0) is 52.2 Å². The maximum atomic E-state index is 12.7. The second-order valence-corrected chi connectivity index (χ2v) is 10.6. The molecule has 0 saturated carbocycles. The number of aryl methyl sites for hydroxylation is 1. The number of aromatic nitrogens is 2. The first kappa shape index (κ1) is 25.0. The number of hydrogen-bond donors (Lipinski definition) is 1. The minimum atomic E-state index is -0.583. The number of rotatable bonds is 7. The number of pyridine rings is 1. The summed E-state index contributed by atoms with van der Waals surface area (Å²) in [6.07, 6.45) is 5.27. The predicted octanol–water partition coefficient (Wildman–Crippen LogP) is 4.81. The summed E-state index contributed by atoms with van der Waals surface area (Å²) < 4.78 is 5.33. The summed E-state index contributed by atoms with van der Waals surface area (Å²) in [5, 5.41) is 4.18. The molecule has 8 nitrogen and oxygen atoms in total. The Morgan fingerprint density at radius 3 is 2.67 bits per heavy atom. The monoisotopic (exact) mass is 473 g/mol. The van der Waals surface area contributed by atoms with Crippen LogP contribution in [0.1, 0.15) is 63.4 Å². The fraction of sp³-hybridized carbons (Fsp3) is 0.583. The van der Waals surface area contributed by atoms with Crippen LogP contribution in [-0.4, -0.2) is 64.1 Å². The van der Waals surface area contributed by atoms with Crippen LogP contribution >= 0.6 is 11.3 Å². The van der Waals surface area contributed by atoms with E-state index in [2.05, 4.69) is 17.2 Å². The van der Waals surface area contributed by atoms with Crippen molar-refractivity contribution in [2.24, 2.45) is 0 Å².